The van der Waals surface area contributed by atoms with E-state index >= 15 is 0 Å². The van der Waals surface area contributed by atoms with Crippen molar-refractivity contribution in [2.45, 2.75) is 109 Å². The van der Waals surface area contributed by atoms with E-state index in [9.17, 15) is 33.7 Å². The number of aryl methyl sites for hydroxylation is 8. The number of rotatable bonds is 8. The van der Waals surface area contributed by atoms with Gasteiger partial charge in [0.05, 0.1) is 31.0 Å². The molecule has 9 rings (SSSR count). The van der Waals surface area contributed by atoms with Crippen LogP contribution in [0.15, 0.2) is 103 Å². The van der Waals surface area contributed by atoms with Crippen molar-refractivity contribution < 1.29 is 50.7 Å². The molecule has 16 nitrogen and oxygen atoms in total. The molecule has 2 aliphatic heterocycles. The zero-order valence-electron chi connectivity index (χ0n) is 44.4. The number of aromatic nitrogens is 3. The number of nitrogens with zero attached hydrogens (tertiary/aromatic N) is 3. The largest absolute Gasteiger partial charge is 2.00 e. The van der Waals surface area contributed by atoms with E-state index in [1.54, 1.807) is 97.9 Å². The van der Waals surface area contributed by atoms with Gasteiger partial charge in [0.1, 0.15) is 0 Å². The van der Waals surface area contributed by atoms with Crippen LogP contribution in [0.1, 0.15) is 118 Å². The van der Waals surface area contributed by atoms with Crippen LogP contribution >= 0.6 is 0 Å². The summed E-state index contributed by atoms with van der Waals surface area (Å²) in [7, 11) is -17.1. The van der Waals surface area contributed by atoms with Crippen LogP contribution in [-0.2, 0) is 57.2 Å². The fourth-order valence-corrected chi connectivity index (χ4v) is 16.5. The van der Waals surface area contributed by atoms with Gasteiger partial charge in [-0.3, -0.25) is 0 Å². The smallest absolute Gasteiger partial charge is 0.660 e. The van der Waals surface area contributed by atoms with Gasteiger partial charge in [0.25, 0.3) is 0 Å². The molecule has 1 unspecified atom stereocenters. The van der Waals surface area contributed by atoms with Crippen molar-refractivity contribution in [3.05, 3.63) is 201 Å². The molecule has 0 saturated heterocycles. The van der Waals surface area contributed by atoms with Crippen LogP contribution in [-0.4, -0.2) is 44.4 Å². The average Bonchev–Trinajstić information content (AvgIpc) is 4.12. The van der Waals surface area contributed by atoms with Crippen molar-refractivity contribution in [2.75, 3.05) is 0 Å². The van der Waals surface area contributed by atoms with Gasteiger partial charge < -0.3 is 15.0 Å². The minimum Gasteiger partial charge on any atom is -0.660 e. The number of sulfonamides is 4. The van der Waals surface area contributed by atoms with Gasteiger partial charge in [-0.05, 0) is 213 Å². The third kappa shape index (κ3) is 9.70. The predicted octanol–water partition coefficient (Wildman–Crippen LogP) is 5.63. The van der Waals surface area contributed by atoms with Crippen LogP contribution in [0.25, 0.3) is 16.7 Å². The summed E-state index contributed by atoms with van der Waals surface area (Å²) in [6.45, 7) is 21.0. The van der Waals surface area contributed by atoms with E-state index in [1.807, 2.05) is 58.0 Å². The number of hydrogen-bond acceptors (Lipinski definition) is 9. The Morgan fingerprint density at radius 3 is 1.19 bits per heavy atom. The second-order valence-corrected chi connectivity index (χ2v) is 26.1. The fourth-order valence-electron chi connectivity index (χ4n) is 12.4. The fraction of sp³-hybridized carbons (Fsp3) is 0.232. The van der Waals surface area contributed by atoms with Crippen molar-refractivity contribution in [1.82, 2.24) is 15.0 Å². The van der Waals surface area contributed by atoms with E-state index in [4.69, 9.17) is 35.5 Å². The quantitative estimate of drug-likeness (QED) is 0.117. The Hall–Kier alpha value is -6.23. The number of allylic oxidation sites excluding steroid dienone is 2. The summed E-state index contributed by atoms with van der Waals surface area (Å²) in [5, 5.41) is 24.7. The van der Waals surface area contributed by atoms with Crippen LogP contribution in [0.4, 0.5) is 0 Å². The maximum Gasteiger partial charge on any atom is 2.00 e. The number of fused-ring (bicyclic) bond motifs is 7. The standard InChI is InChI=1S/C56H58N8O8S4.Fe/c1-25-21-29(5)53(73(57,65)66)33(9)45(25)49-37-13-15-39(61-37)50(46-26(2)22-30(6)54(34(46)10)74(58,67)68)41-17-19-43(63-41)52(48-28(4)24-32(8)56(36(48)12)76(60,71)72)44-20-18-42(64-44)51(40-16-14-38(49)62-40)47-27(3)23-31(7)55(35(47)11)75(59,69)70;/h13-24,49,63H,1-12H3,(H2,57,65,66)(H2,58,67,68)(H2,59,69,70)(H2,60,71,72);/q-2;+2. The zero-order valence-corrected chi connectivity index (χ0v) is 48.8. The molecule has 402 valence electrons. The van der Waals surface area contributed by atoms with Crippen molar-refractivity contribution in [3.63, 3.8) is 0 Å². The molecule has 0 aliphatic carbocycles. The van der Waals surface area contributed by atoms with Gasteiger partial charge in [-0.15, -0.1) is 22.8 Å². The molecule has 5 heterocycles. The van der Waals surface area contributed by atoms with Crippen LogP contribution < -0.4 is 41.2 Å². The SMILES string of the molecule is Cc1cc(C)c(S(N)(=O)=O)c(C)c1C1=C2C=CC(=N2)C(c2c(C)cc(C)c(S(N)(=O)=O)c2C)=c2ccc([nH]2)=C(c2c(C)cc(C)c(S(N)(=O)=O)c2C)c2ccc([n-]2)C(c2c(C)cc(C)c(S(N)(=O)=O)c2C)c2ccc1[n-]2.[Fe+2]. The molecule has 0 amide bonds. The van der Waals surface area contributed by atoms with Crippen molar-refractivity contribution in [1.29, 1.82) is 0 Å². The third-order valence-corrected chi connectivity index (χ3v) is 19.4. The molecular formula is C56H58FeN8O8S4. The van der Waals surface area contributed by atoms with E-state index in [1.165, 1.54) is 0 Å². The number of H-pyrrole nitrogens is 1. The topological polar surface area (TPSA) is 297 Å². The molecule has 8 bridgehead atoms. The third-order valence-electron chi connectivity index (χ3n) is 14.6. The van der Waals surface area contributed by atoms with Gasteiger partial charge in [-0.2, -0.15) is 0 Å². The van der Waals surface area contributed by atoms with Gasteiger partial charge >= 0.3 is 17.1 Å². The van der Waals surface area contributed by atoms with E-state index in [2.05, 4.69) is 4.98 Å². The maximum absolute atomic E-state index is 13.4. The van der Waals surface area contributed by atoms with Crippen LogP contribution in [0.5, 0.6) is 0 Å². The summed E-state index contributed by atoms with van der Waals surface area (Å²) in [6, 6.07) is 17.9. The Morgan fingerprint density at radius 2 is 0.779 bits per heavy atom. The first-order chi connectivity index (χ1) is 35.2. The van der Waals surface area contributed by atoms with Crippen LogP contribution in [0.2, 0.25) is 0 Å². The molecule has 2 aliphatic rings. The van der Waals surface area contributed by atoms with Gasteiger partial charge in [-0.25, -0.2) is 59.2 Å². The monoisotopic (exact) mass is 1150 g/mol. The Bertz CT molecular complexity index is 4480. The Labute approximate surface area is 460 Å². The number of aliphatic imine (C=N–C) groups is 1. The summed E-state index contributed by atoms with van der Waals surface area (Å²) in [5.41, 5.74) is 12.1. The number of aromatic amines is 1. The molecule has 4 aromatic carbocycles. The van der Waals surface area contributed by atoms with Crippen LogP contribution in [0, 0.1) is 83.1 Å². The van der Waals surface area contributed by atoms with E-state index in [-0.39, 0.29) is 36.7 Å². The first kappa shape index (κ1) is 57.0. The summed E-state index contributed by atoms with van der Waals surface area (Å²) in [5.74, 6) is -0.859. The summed E-state index contributed by atoms with van der Waals surface area (Å²) >= 11 is 0. The maximum atomic E-state index is 13.4. The van der Waals surface area contributed by atoms with Crippen molar-refractivity contribution in [3.8, 4) is 0 Å². The predicted molar refractivity (Wildman–Crippen MR) is 295 cm³/mol. The molecule has 1 atom stereocenters. The molecular weight excluding hydrogens is 1100 g/mol. The molecule has 0 saturated carbocycles. The van der Waals surface area contributed by atoms with Crippen LogP contribution in [0.3, 0.4) is 0 Å². The second kappa shape index (κ2) is 19.6. The van der Waals surface area contributed by atoms with E-state index < -0.39 is 46.0 Å². The molecule has 77 heavy (non-hydrogen) atoms. The molecule has 21 heteroatoms. The minimum atomic E-state index is -4.28. The average molecular weight is 1160 g/mol. The molecule has 3 aromatic heterocycles. The summed E-state index contributed by atoms with van der Waals surface area (Å²) < 4.78 is 107. The molecule has 0 fully saturated rings. The van der Waals surface area contributed by atoms with E-state index in [0.717, 1.165) is 5.56 Å². The molecule has 0 spiro atoms. The van der Waals surface area contributed by atoms with Gasteiger partial charge in [0, 0.05) is 16.3 Å². The van der Waals surface area contributed by atoms with Crippen molar-refractivity contribution in [2.24, 2.45) is 25.5 Å². The van der Waals surface area contributed by atoms with Gasteiger partial charge in [0.2, 0.25) is 40.1 Å². The molecule has 7 aromatic rings. The first-order valence-electron chi connectivity index (χ1n) is 24.0. The zero-order chi connectivity index (χ0) is 55.8. The Kier molecular flexibility index (Phi) is 14.5. The molecule has 0 radical (unpaired) electrons. The molecule has 9 N–H and O–H groups in total. The number of nitrogens with one attached hydrogen (secondary N) is 1. The number of hydrogen-bond donors (Lipinski definition) is 5. The Balaban J connectivity index is 0.00000784. The normalized spacial score (nSPS) is 15.1. The summed E-state index contributed by atoms with van der Waals surface area (Å²) in [6.07, 6.45) is 3.58. The van der Waals surface area contributed by atoms with Crippen molar-refractivity contribution >= 4 is 62.5 Å². The number of benzene rings is 4. The summed E-state index contributed by atoms with van der Waals surface area (Å²) in [4.78, 5) is 19.5. The first-order valence-corrected chi connectivity index (χ1v) is 30.2. The Morgan fingerprint density at radius 1 is 0.429 bits per heavy atom. The number of primary sulfonamides is 4. The number of nitrogens with two attached hydrogens (primary N) is 4. The minimum absolute atomic E-state index is 0. The van der Waals surface area contributed by atoms with Gasteiger partial charge in [0.15, 0.2) is 0 Å². The second-order valence-electron chi connectivity index (χ2n) is 20.1. The van der Waals surface area contributed by atoms with E-state index in [0.29, 0.717) is 145 Å². The van der Waals surface area contributed by atoms with Gasteiger partial charge in [-0.1, -0.05) is 48.5 Å².